The van der Waals surface area contributed by atoms with Crippen molar-refractivity contribution in [1.82, 2.24) is 0 Å². The van der Waals surface area contributed by atoms with Gasteiger partial charge in [-0.05, 0) is 35.7 Å². The molecular weight excluding hydrogens is 194 g/mol. The molecule has 0 bridgehead atoms. The van der Waals surface area contributed by atoms with Crippen molar-refractivity contribution >= 4 is 11.5 Å². The average molecular weight is 205 g/mol. The van der Waals surface area contributed by atoms with E-state index >= 15 is 0 Å². The van der Waals surface area contributed by atoms with Crippen LogP contribution in [0.1, 0.15) is 28.8 Å². The van der Waals surface area contributed by atoms with Gasteiger partial charge in [-0.3, -0.25) is 4.79 Å². The summed E-state index contributed by atoms with van der Waals surface area (Å²) in [4.78, 5) is 22.1. The number of benzene rings is 1. The second kappa shape index (κ2) is 3.81. The molecular formula is C11H11NO3. The molecule has 0 saturated heterocycles. The fraction of sp³-hybridized carbons (Fsp3) is 0.364. The van der Waals surface area contributed by atoms with E-state index in [0.29, 0.717) is 17.7 Å². The van der Waals surface area contributed by atoms with E-state index in [0.717, 1.165) is 18.4 Å². The number of fused-ring (bicyclic) bond motifs is 1. The zero-order valence-electron chi connectivity index (χ0n) is 8.45. The Balaban J connectivity index is 2.58. The van der Waals surface area contributed by atoms with E-state index in [2.05, 4.69) is 5.18 Å². The number of methoxy groups -OCH3 is 1. The van der Waals surface area contributed by atoms with Crippen LogP contribution in [0.3, 0.4) is 0 Å². The monoisotopic (exact) mass is 205 g/mol. The quantitative estimate of drug-likeness (QED) is 0.697. The number of carbonyl (C=O) groups excluding carboxylic acids is 1. The minimum absolute atomic E-state index is 0.0869. The second-order valence-corrected chi connectivity index (χ2v) is 3.55. The van der Waals surface area contributed by atoms with Crippen LogP contribution < -0.4 is 4.74 Å². The molecule has 0 amide bonds. The Labute approximate surface area is 87.2 Å². The summed E-state index contributed by atoms with van der Waals surface area (Å²) < 4.78 is 5.03. The molecule has 1 aliphatic carbocycles. The largest absolute Gasteiger partial charge is 0.494 e. The van der Waals surface area contributed by atoms with Crippen LogP contribution in [0.25, 0.3) is 0 Å². The maximum atomic E-state index is 11.6. The molecule has 0 spiro atoms. The zero-order valence-corrected chi connectivity index (χ0v) is 8.45. The Morgan fingerprint density at radius 2 is 2.13 bits per heavy atom. The SMILES string of the molecule is COc1cc2c(cc1N=O)C(=O)CCC2. The lowest BCUT2D eigenvalue weighted by atomic mass is 9.90. The van der Waals surface area contributed by atoms with Crippen molar-refractivity contribution in [1.29, 1.82) is 0 Å². The van der Waals surface area contributed by atoms with Crippen LogP contribution in [-0.2, 0) is 6.42 Å². The number of hydrogen-bond acceptors (Lipinski definition) is 4. The average Bonchev–Trinajstić information content (AvgIpc) is 2.28. The highest BCUT2D eigenvalue weighted by Crippen LogP contribution is 2.34. The van der Waals surface area contributed by atoms with Gasteiger partial charge in [-0.2, -0.15) is 0 Å². The van der Waals surface area contributed by atoms with Crippen molar-refractivity contribution in [3.8, 4) is 5.75 Å². The first-order valence-electron chi connectivity index (χ1n) is 4.83. The van der Waals surface area contributed by atoms with E-state index in [1.54, 1.807) is 6.07 Å². The Kier molecular flexibility index (Phi) is 2.49. The van der Waals surface area contributed by atoms with Crippen LogP contribution in [-0.4, -0.2) is 12.9 Å². The number of Topliss-reactive ketones (excluding diaryl/α,β-unsaturated/α-hetero) is 1. The Hall–Kier alpha value is -1.71. The molecule has 0 unspecified atom stereocenters. The maximum absolute atomic E-state index is 11.6. The summed E-state index contributed by atoms with van der Waals surface area (Å²) in [5.74, 6) is 0.530. The van der Waals surface area contributed by atoms with Gasteiger partial charge < -0.3 is 4.74 Å². The smallest absolute Gasteiger partial charge is 0.163 e. The molecule has 1 aromatic carbocycles. The third kappa shape index (κ3) is 1.63. The van der Waals surface area contributed by atoms with Gasteiger partial charge in [0.2, 0.25) is 0 Å². The standard InChI is InChI=1S/C11H11NO3/c1-15-11-5-7-3-2-4-10(13)8(7)6-9(11)12-14/h5-6H,2-4H2,1H3. The molecule has 0 saturated carbocycles. The van der Waals surface area contributed by atoms with E-state index in [9.17, 15) is 9.70 Å². The maximum Gasteiger partial charge on any atom is 0.163 e. The third-order valence-electron chi connectivity index (χ3n) is 2.65. The summed E-state index contributed by atoms with van der Waals surface area (Å²) >= 11 is 0. The van der Waals surface area contributed by atoms with Gasteiger partial charge in [-0.1, -0.05) is 0 Å². The number of hydrogen-bond donors (Lipinski definition) is 0. The van der Waals surface area contributed by atoms with Gasteiger partial charge in [-0.15, -0.1) is 4.91 Å². The van der Waals surface area contributed by atoms with Gasteiger partial charge in [0.05, 0.1) is 7.11 Å². The Morgan fingerprint density at radius 3 is 2.80 bits per heavy atom. The van der Waals surface area contributed by atoms with Crippen LogP contribution in [0.4, 0.5) is 5.69 Å². The van der Waals surface area contributed by atoms with Crippen molar-refractivity contribution in [2.75, 3.05) is 7.11 Å². The molecule has 4 heteroatoms. The molecule has 78 valence electrons. The number of ketones is 1. The minimum Gasteiger partial charge on any atom is -0.494 e. The Bertz CT molecular complexity index is 426. The van der Waals surface area contributed by atoms with E-state index in [-0.39, 0.29) is 11.5 Å². The summed E-state index contributed by atoms with van der Waals surface area (Å²) in [5.41, 5.74) is 1.78. The van der Waals surface area contributed by atoms with Crippen molar-refractivity contribution in [3.05, 3.63) is 28.2 Å². The molecule has 0 fully saturated rings. The highest BCUT2D eigenvalue weighted by Gasteiger charge is 2.20. The van der Waals surface area contributed by atoms with Crippen LogP contribution in [0, 0.1) is 4.91 Å². The van der Waals surface area contributed by atoms with Crippen molar-refractivity contribution in [3.63, 3.8) is 0 Å². The summed E-state index contributed by atoms with van der Waals surface area (Å²) in [5, 5.41) is 2.86. The number of rotatable bonds is 2. The molecule has 2 rings (SSSR count). The van der Waals surface area contributed by atoms with E-state index < -0.39 is 0 Å². The summed E-state index contributed by atoms with van der Waals surface area (Å²) in [6, 6.07) is 3.27. The Morgan fingerprint density at radius 1 is 1.33 bits per heavy atom. The summed E-state index contributed by atoms with van der Waals surface area (Å²) in [7, 11) is 1.49. The van der Waals surface area contributed by atoms with Crippen LogP contribution in [0.15, 0.2) is 17.3 Å². The molecule has 4 nitrogen and oxygen atoms in total. The number of nitrogens with zero attached hydrogens (tertiary/aromatic N) is 1. The van der Waals surface area contributed by atoms with Crippen molar-refractivity contribution in [2.24, 2.45) is 5.18 Å². The van der Waals surface area contributed by atoms with E-state index in [1.165, 1.54) is 13.2 Å². The molecule has 1 aromatic rings. The summed E-state index contributed by atoms with van der Waals surface area (Å²) in [6.45, 7) is 0. The lowest BCUT2D eigenvalue weighted by molar-refractivity contribution is 0.0972. The third-order valence-corrected chi connectivity index (χ3v) is 2.65. The van der Waals surface area contributed by atoms with Crippen LogP contribution in [0.2, 0.25) is 0 Å². The van der Waals surface area contributed by atoms with Crippen molar-refractivity contribution in [2.45, 2.75) is 19.3 Å². The highest BCUT2D eigenvalue weighted by atomic mass is 16.5. The van der Waals surface area contributed by atoms with Gasteiger partial charge in [0.15, 0.2) is 11.5 Å². The molecule has 1 aliphatic rings. The lowest BCUT2D eigenvalue weighted by Gasteiger charge is -2.15. The molecule has 0 aromatic heterocycles. The first-order valence-corrected chi connectivity index (χ1v) is 4.83. The minimum atomic E-state index is 0.0869. The number of nitroso groups, excluding NO2 is 1. The molecule has 0 aliphatic heterocycles. The fourth-order valence-corrected chi connectivity index (χ4v) is 1.89. The fourth-order valence-electron chi connectivity index (χ4n) is 1.89. The van der Waals surface area contributed by atoms with Gasteiger partial charge in [0.1, 0.15) is 5.75 Å². The molecule has 0 heterocycles. The van der Waals surface area contributed by atoms with E-state index in [1.807, 2.05) is 0 Å². The van der Waals surface area contributed by atoms with Gasteiger partial charge >= 0.3 is 0 Å². The van der Waals surface area contributed by atoms with Crippen LogP contribution in [0.5, 0.6) is 5.75 Å². The second-order valence-electron chi connectivity index (χ2n) is 3.55. The molecule has 0 radical (unpaired) electrons. The van der Waals surface area contributed by atoms with Crippen molar-refractivity contribution < 1.29 is 9.53 Å². The lowest BCUT2D eigenvalue weighted by Crippen LogP contribution is -2.10. The molecule has 15 heavy (non-hydrogen) atoms. The van der Waals surface area contributed by atoms with Gasteiger partial charge in [-0.25, -0.2) is 0 Å². The number of aryl methyl sites for hydroxylation is 1. The normalized spacial score (nSPS) is 14.6. The predicted octanol–water partition coefficient (Wildman–Crippen LogP) is 2.61. The number of carbonyl (C=O) groups is 1. The van der Waals surface area contributed by atoms with E-state index in [4.69, 9.17) is 4.74 Å². The first kappa shape index (κ1) is 9.83. The van der Waals surface area contributed by atoms with Crippen LogP contribution >= 0.6 is 0 Å². The predicted molar refractivity (Wildman–Crippen MR) is 55.7 cm³/mol. The van der Waals surface area contributed by atoms with Gasteiger partial charge in [0, 0.05) is 12.0 Å². The number of ether oxygens (including phenoxy) is 1. The first-order chi connectivity index (χ1) is 7.26. The molecule has 0 atom stereocenters. The zero-order chi connectivity index (χ0) is 10.8. The topological polar surface area (TPSA) is 55.7 Å². The summed E-state index contributed by atoms with van der Waals surface area (Å²) in [6.07, 6.45) is 2.27. The highest BCUT2D eigenvalue weighted by molar-refractivity contribution is 5.99. The molecule has 0 N–H and O–H groups in total. The van der Waals surface area contributed by atoms with Gasteiger partial charge in [0.25, 0.3) is 0 Å².